The number of fused-ring (bicyclic) bond motifs is 6. The molecule has 2 heteroatoms. The van der Waals surface area contributed by atoms with Gasteiger partial charge in [0.1, 0.15) is 5.75 Å². The van der Waals surface area contributed by atoms with Crippen molar-refractivity contribution in [2.75, 3.05) is 4.90 Å². The minimum Gasteiger partial charge on any atom is -0.454 e. The van der Waals surface area contributed by atoms with Gasteiger partial charge in [0.15, 0.2) is 5.75 Å². The molecule has 0 saturated heterocycles. The van der Waals surface area contributed by atoms with E-state index in [1.54, 1.807) is 0 Å². The maximum Gasteiger partial charge on any atom is 0.156 e. The summed E-state index contributed by atoms with van der Waals surface area (Å²) in [6, 6.07) is 48.9. The molecule has 0 unspecified atom stereocenters. The van der Waals surface area contributed by atoms with E-state index in [1.165, 1.54) is 106 Å². The van der Waals surface area contributed by atoms with Crippen molar-refractivity contribution in [3.05, 3.63) is 161 Å². The minimum absolute atomic E-state index is 0.00786. The molecule has 0 amide bonds. The van der Waals surface area contributed by atoms with E-state index in [9.17, 15) is 0 Å². The molecule has 4 bridgehead atoms. The first-order chi connectivity index (χ1) is 28.5. The summed E-state index contributed by atoms with van der Waals surface area (Å²) in [4.78, 5) is 2.65. The Morgan fingerprint density at radius 3 is 1.88 bits per heavy atom. The van der Waals surface area contributed by atoms with Crippen LogP contribution in [0.1, 0.15) is 120 Å². The van der Waals surface area contributed by atoms with Gasteiger partial charge in [-0.1, -0.05) is 139 Å². The van der Waals surface area contributed by atoms with Gasteiger partial charge in [0.2, 0.25) is 0 Å². The summed E-state index contributed by atoms with van der Waals surface area (Å²) in [5.41, 5.74) is 17.4. The number of hydrogen-bond donors (Lipinski definition) is 0. The number of hydrogen-bond acceptors (Lipinski definition) is 2. The number of para-hydroxylation sites is 1. The molecule has 6 aliphatic carbocycles. The lowest BCUT2D eigenvalue weighted by Gasteiger charge is -2.63. The zero-order valence-electron chi connectivity index (χ0n) is 35.7. The molecule has 1 heterocycles. The summed E-state index contributed by atoms with van der Waals surface area (Å²) in [5, 5.41) is 0. The smallest absolute Gasteiger partial charge is 0.156 e. The molecule has 2 nitrogen and oxygen atoms in total. The number of anilines is 3. The van der Waals surface area contributed by atoms with Crippen LogP contribution in [-0.2, 0) is 21.7 Å². The van der Waals surface area contributed by atoms with Gasteiger partial charge in [0, 0.05) is 27.6 Å². The van der Waals surface area contributed by atoms with Crippen LogP contribution in [0, 0.1) is 23.7 Å². The molecule has 7 aliphatic rings. The van der Waals surface area contributed by atoms with E-state index in [1.807, 2.05) is 0 Å². The zero-order chi connectivity index (χ0) is 40.1. The molecule has 1 aliphatic heterocycles. The predicted molar refractivity (Wildman–Crippen MR) is 244 cm³/mol. The molecule has 6 aromatic rings. The third kappa shape index (κ3) is 4.87. The van der Waals surface area contributed by atoms with Gasteiger partial charge in [0.25, 0.3) is 0 Å². The monoisotopic (exact) mass is 771 g/mol. The quantitative estimate of drug-likeness (QED) is 0.177. The molecule has 296 valence electrons. The number of rotatable bonds is 4. The number of benzene rings is 6. The van der Waals surface area contributed by atoms with E-state index in [-0.39, 0.29) is 21.7 Å². The van der Waals surface area contributed by atoms with Crippen molar-refractivity contribution in [2.24, 2.45) is 23.7 Å². The summed E-state index contributed by atoms with van der Waals surface area (Å²) in [6.07, 6.45) is 9.02. The largest absolute Gasteiger partial charge is 0.454 e. The van der Waals surface area contributed by atoms with E-state index in [2.05, 4.69) is 174 Å². The van der Waals surface area contributed by atoms with Crippen LogP contribution in [0.15, 0.2) is 127 Å². The van der Waals surface area contributed by atoms with Crippen molar-refractivity contribution in [1.82, 2.24) is 0 Å². The van der Waals surface area contributed by atoms with Gasteiger partial charge in [-0.2, -0.15) is 0 Å². The Hall–Kier alpha value is -5.08. The lowest BCUT2D eigenvalue weighted by Crippen LogP contribution is -2.57. The number of nitrogens with zero attached hydrogens (tertiary/aromatic N) is 1. The van der Waals surface area contributed by atoms with Crippen LogP contribution in [-0.4, -0.2) is 0 Å². The first kappa shape index (κ1) is 35.8. The Bertz CT molecular complexity index is 2670. The second kappa shape index (κ2) is 12.2. The van der Waals surface area contributed by atoms with E-state index >= 15 is 0 Å². The maximum atomic E-state index is 7.61. The molecule has 4 saturated carbocycles. The van der Waals surface area contributed by atoms with Crippen molar-refractivity contribution in [3.8, 4) is 33.8 Å². The molecule has 1 spiro atoms. The van der Waals surface area contributed by atoms with E-state index in [0.717, 1.165) is 35.4 Å². The van der Waals surface area contributed by atoms with E-state index in [4.69, 9.17) is 4.74 Å². The molecule has 4 fully saturated rings. The number of ether oxygens (including phenoxy) is 1. The highest BCUT2D eigenvalue weighted by atomic mass is 16.5. The molecule has 13 rings (SSSR count). The van der Waals surface area contributed by atoms with Gasteiger partial charge in [0.05, 0.1) is 11.4 Å². The van der Waals surface area contributed by atoms with Crippen LogP contribution in [0.25, 0.3) is 22.3 Å². The molecular formula is C57H57NO. The zero-order valence-corrected chi connectivity index (χ0v) is 35.7. The normalized spacial score (nSPS) is 26.6. The molecule has 0 radical (unpaired) electrons. The summed E-state index contributed by atoms with van der Waals surface area (Å²) in [6.45, 7) is 14.7. The van der Waals surface area contributed by atoms with Gasteiger partial charge in [-0.15, -0.1) is 0 Å². The Balaban J connectivity index is 1.19. The Morgan fingerprint density at radius 2 is 1.12 bits per heavy atom. The van der Waals surface area contributed by atoms with Gasteiger partial charge >= 0.3 is 0 Å². The Morgan fingerprint density at radius 1 is 0.492 bits per heavy atom. The summed E-state index contributed by atoms with van der Waals surface area (Å²) in [5.74, 6) is 5.00. The first-order valence-corrected chi connectivity index (χ1v) is 22.7. The molecule has 0 aromatic heterocycles. The second-order valence-electron chi connectivity index (χ2n) is 21.2. The van der Waals surface area contributed by atoms with Gasteiger partial charge in [-0.05, 0) is 154 Å². The van der Waals surface area contributed by atoms with Crippen LogP contribution in [0.4, 0.5) is 17.1 Å². The summed E-state index contributed by atoms with van der Waals surface area (Å²) in [7, 11) is 0. The lowest BCUT2D eigenvalue weighted by atomic mass is 9.41. The minimum atomic E-state index is -0.124. The lowest BCUT2D eigenvalue weighted by molar-refractivity contribution is -0.0449. The highest BCUT2D eigenvalue weighted by Gasteiger charge is 2.62. The average molecular weight is 772 g/mol. The van der Waals surface area contributed by atoms with Crippen LogP contribution in [0.5, 0.6) is 11.5 Å². The van der Waals surface area contributed by atoms with E-state index < -0.39 is 0 Å². The predicted octanol–water partition coefficient (Wildman–Crippen LogP) is 15.3. The van der Waals surface area contributed by atoms with Crippen molar-refractivity contribution >= 4 is 17.1 Å². The Kier molecular flexibility index (Phi) is 7.44. The van der Waals surface area contributed by atoms with Crippen molar-refractivity contribution < 1.29 is 4.74 Å². The van der Waals surface area contributed by atoms with Gasteiger partial charge in [-0.25, -0.2) is 0 Å². The fourth-order valence-electron chi connectivity index (χ4n) is 14.2. The molecule has 0 atom stereocenters. The maximum absolute atomic E-state index is 7.61. The third-order valence-electron chi connectivity index (χ3n) is 16.7. The van der Waals surface area contributed by atoms with Crippen LogP contribution in [0.3, 0.4) is 0 Å². The topological polar surface area (TPSA) is 12.5 Å². The molecule has 59 heavy (non-hydrogen) atoms. The highest BCUT2D eigenvalue weighted by molar-refractivity contribution is 5.91. The fourth-order valence-corrected chi connectivity index (χ4v) is 14.2. The second-order valence-corrected chi connectivity index (χ2v) is 21.2. The van der Waals surface area contributed by atoms with Gasteiger partial charge in [-0.3, -0.25) is 0 Å². The Labute approximate surface area is 351 Å². The first-order valence-electron chi connectivity index (χ1n) is 22.7. The van der Waals surface area contributed by atoms with Gasteiger partial charge < -0.3 is 9.64 Å². The molecule has 0 N–H and O–H groups in total. The van der Waals surface area contributed by atoms with Crippen molar-refractivity contribution in [3.63, 3.8) is 0 Å². The van der Waals surface area contributed by atoms with Crippen LogP contribution in [0.2, 0.25) is 0 Å². The average Bonchev–Trinajstić information content (AvgIpc) is 3.46. The third-order valence-corrected chi connectivity index (χ3v) is 16.7. The van der Waals surface area contributed by atoms with E-state index in [0.29, 0.717) is 11.8 Å². The molecular weight excluding hydrogens is 715 g/mol. The van der Waals surface area contributed by atoms with Crippen molar-refractivity contribution in [2.45, 2.75) is 108 Å². The SMILES string of the molecule is CC1(C)CCC(C)(C)c2c(N(c3ccc4c(c3)C(C)(C)c3ccccc3-4)c3ccc(-c4ccccc4)c4c3Oc3ccccc3C43C4CC5CC(C4)CC3C5)cccc21. The highest BCUT2D eigenvalue weighted by Crippen LogP contribution is 2.71. The molecule has 6 aromatic carbocycles. The van der Waals surface area contributed by atoms with Crippen LogP contribution < -0.4 is 9.64 Å². The van der Waals surface area contributed by atoms with Crippen molar-refractivity contribution in [1.29, 1.82) is 0 Å². The van der Waals surface area contributed by atoms with Crippen LogP contribution >= 0.6 is 0 Å². The fraction of sp³-hybridized carbons (Fsp3) is 0.368. The summed E-state index contributed by atoms with van der Waals surface area (Å²) >= 11 is 0. The standard InChI is InChI=1S/C57H57NO/c1-54(2)27-28-55(3,4)52-46(54)20-14-21-48(52)58(40-23-24-43-42-17-10-11-18-44(42)56(5,6)47(43)34-40)49-26-25-41(37-15-8-7-9-16-37)51-53(49)59-50-22-13-12-19-45(50)57(51)38-30-35-29-36(32-38)33-39(57)31-35/h7-26,34-36,38-39H,27-33H2,1-6H3. The summed E-state index contributed by atoms with van der Waals surface area (Å²) < 4.78 is 7.61.